The van der Waals surface area contributed by atoms with Crippen LogP contribution in [0.15, 0.2) is 36.5 Å². The Bertz CT molecular complexity index is 990. The zero-order chi connectivity index (χ0) is 18.2. The Kier molecular flexibility index (Phi) is 4.09. The monoisotopic (exact) mass is 363 g/mol. The topological polar surface area (TPSA) is 73.1 Å². The Labute approximate surface area is 156 Å². The molecule has 2 aliphatic rings. The second-order valence-electron chi connectivity index (χ2n) is 7.27. The lowest BCUT2D eigenvalue weighted by Gasteiger charge is -2.28. The molecule has 0 atom stereocenters. The summed E-state index contributed by atoms with van der Waals surface area (Å²) in [6.45, 7) is 3.01. The summed E-state index contributed by atoms with van der Waals surface area (Å²) in [4.78, 5) is 19.4. The van der Waals surface area contributed by atoms with Crippen LogP contribution in [0.4, 0.5) is 0 Å². The van der Waals surface area contributed by atoms with Gasteiger partial charge in [-0.3, -0.25) is 9.78 Å². The van der Waals surface area contributed by atoms with Crippen LogP contribution in [0.1, 0.15) is 34.6 Å². The largest absolute Gasteiger partial charge is 0.375 e. The van der Waals surface area contributed by atoms with Crippen LogP contribution in [0, 0.1) is 5.92 Å². The summed E-state index contributed by atoms with van der Waals surface area (Å²) in [5.41, 5.74) is 3.19. The molecule has 3 aromatic rings. The summed E-state index contributed by atoms with van der Waals surface area (Å²) in [7, 11) is 0. The van der Waals surface area contributed by atoms with Crippen LogP contribution in [0.2, 0.25) is 0 Å². The van der Waals surface area contributed by atoms with Gasteiger partial charge in [-0.2, -0.15) is 0 Å². The number of nitrogens with zero attached hydrogens (tertiary/aromatic N) is 5. The lowest BCUT2D eigenvalue weighted by Crippen LogP contribution is -2.39. The first kappa shape index (κ1) is 16.4. The van der Waals surface area contributed by atoms with Gasteiger partial charge in [-0.25, -0.2) is 4.68 Å². The smallest absolute Gasteiger partial charge is 0.256 e. The molecular formula is C20H21N5O2. The van der Waals surface area contributed by atoms with Crippen LogP contribution in [0.5, 0.6) is 0 Å². The Morgan fingerprint density at radius 2 is 2.07 bits per heavy atom. The Morgan fingerprint density at radius 1 is 1.19 bits per heavy atom. The maximum absolute atomic E-state index is 13.2. The first-order chi connectivity index (χ1) is 13.3. The predicted octanol–water partition coefficient (Wildman–Crippen LogP) is 2.41. The normalized spacial score (nSPS) is 16.5. The lowest BCUT2D eigenvalue weighted by atomic mass is 10.1. The average Bonchev–Trinajstić information content (AvgIpc) is 3.46. The van der Waals surface area contributed by atoms with E-state index in [-0.39, 0.29) is 5.91 Å². The van der Waals surface area contributed by atoms with Gasteiger partial charge < -0.3 is 9.64 Å². The number of benzene rings is 1. The molecule has 0 spiro atoms. The Hall–Kier alpha value is -2.80. The van der Waals surface area contributed by atoms with Crippen molar-refractivity contribution in [1.29, 1.82) is 0 Å². The second kappa shape index (κ2) is 6.74. The number of hydrogen-bond donors (Lipinski definition) is 0. The zero-order valence-corrected chi connectivity index (χ0v) is 15.0. The van der Waals surface area contributed by atoms with Gasteiger partial charge in [0.05, 0.1) is 36.5 Å². The minimum absolute atomic E-state index is 0.00315. The van der Waals surface area contributed by atoms with Gasteiger partial charge in [-0.05, 0) is 30.9 Å². The molecule has 1 amide bonds. The van der Waals surface area contributed by atoms with E-state index in [9.17, 15) is 4.79 Å². The number of para-hydroxylation sites is 1. The van der Waals surface area contributed by atoms with Gasteiger partial charge in [0.25, 0.3) is 5.91 Å². The maximum Gasteiger partial charge on any atom is 0.256 e. The molecule has 0 N–H and O–H groups in total. The number of hydrogen-bond acceptors (Lipinski definition) is 5. The first-order valence-electron chi connectivity index (χ1n) is 9.41. The summed E-state index contributed by atoms with van der Waals surface area (Å²) in [5.74, 6) is 0.713. The summed E-state index contributed by atoms with van der Waals surface area (Å²) in [6, 6.07) is 9.59. The van der Waals surface area contributed by atoms with Crippen LogP contribution in [0.25, 0.3) is 10.9 Å². The van der Waals surface area contributed by atoms with E-state index in [1.165, 1.54) is 12.8 Å². The predicted molar refractivity (Wildman–Crippen MR) is 98.9 cm³/mol. The number of carbonyl (C=O) groups is 1. The highest BCUT2D eigenvalue weighted by atomic mass is 16.5. The van der Waals surface area contributed by atoms with E-state index in [0.29, 0.717) is 37.7 Å². The van der Waals surface area contributed by atoms with E-state index < -0.39 is 0 Å². The van der Waals surface area contributed by atoms with Crippen molar-refractivity contribution >= 4 is 16.8 Å². The van der Waals surface area contributed by atoms with Gasteiger partial charge in [0.2, 0.25) is 0 Å². The van der Waals surface area contributed by atoms with E-state index in [1.54, 1.807) is 6.20 Å². The molecule has 7 nitrogen and oxygen atoms in total. The standard InChI is InChI=1S/C20H21N5O2/c26-20(16-5-1-3-15-4-2-8-21-19(15)16)24-9-10-25-18(11-24)17(22-23-25)13-27-12-14-6-7-14/h1-5,8,14H,6-7,9-13H2. The van der Waals surface area contributed by atoms with Crippen molar-refractivity contribution in [3.8, 4) is 0 Å². The molecule has 1 fully saturated rings. The van der Waals surface area contributed by atoms with E-state index in [1.807, 2.05) is 39.9 Å². The van der Waals surface area contributed by atoms with E-state index in [4.69, 9.17) is 4.74 Å². The van der Waals surface area contributed by atoms with Gasteiger partial charge >= 0.3 is 0 Å². The minimum Gasteiger partial charge on any atom is -0.375 e. The SMILES string of the molecule is O=C(c1cccc2cccnc12)N1CCn2nnc(COCC3CC3)c2C1. The maximum atomic E-state index is 13.2. The fourth-order valence-electron chi connectivity index (χ4n) is 3.54. The van der Waals surface area contributed by atoms with Gasteiger partial charge in [0.15, 0.2) is 0 Å². The minimum atomic E-state index is -0.00315. The molecule has 1 aliphatic heterocycles. The number of rotatable bonds is 5. The molecule has 0 saturated heterocycles. The third-order valence-electron chi connectivity index (χ3n) is 5.28. The van der Waals surface area contributed by atoms with Crippen LogP contribution < -0.4 is 0 Å². The van der Waals surface area contributed by atoms with Crippen molar-refractivity contribution in [3.63, 3.8) is 0 Å². The highest BCUT2D eigenvalue weighted by molar-refractivity contribution is 6.05. The van der Waals surface area contributed by atoms with Crippen LogP contribution in [-0.4, -0.2) is 43.9 Å². The van der Waals surface area contributed by atoms with Gasteiger partial charge in [-0.15, -0.1) is 5.10 Å². The van der Waals surface area contributed by atoms with E-state index in [2.05, 4.69) is 15.3 Å². The molecule has 3 heterocycles. The summed E-state index contributed by atoms with van der Waals surface area (Å²) < 4.78 is 7.67. The molecular weight excluding hydrogens is 342 g/mol. The molecule has 1 saturated carbocycles. The van der Waals surface area contributed by atoms with Crippen LogP contribution in [-0.2, 0) is 24.4 Å². The van der Waals surface area contributed by atoms with Gasteiger partial charge in [0, 0.05) is 24.7 Å². The van der Waals surface area contributed by atoms with Crippen molar-refractivity contribution in [3.05, 3.63) is 53.5 Å². The van der Waals surface area contributed by atoms with Crippen molar-refractivity contribution in [1.82, 2.24) is 24.9 Å². The number of fused-ring (bicyclic) bond motifs is 2. The van der Waals surface area contributed by atoms with Gasteiger partial charge in [-0.1, -0.05) is 23.4 Å². The molecule has 1 aliphatic carbocycles. The van der Waals surface area contributed by atoms with Gasteiger partial charge in [0.1, 0.15) is 5.69 Å². The summed E-state index contributed by atoms with van der Waals surface area (Å²) in [6.07, 6.45) is 4.26. The molecule has 0 unspecified atom stereocenters. The van der Waals surface area contributed by atoms with Crippen molar-refractivity contribution in [2.45, 2.75) is 32.5 Å². The lowest BCUT2D eigenvalue weighted by molar-refractivity contribution is 0.0701. The van der Waals surface area contributed by atoms with E-state index in [0.717, 1.165) is 28.9 Å². The quantitative estimate of drug-likeness (QED) is 0.696. The van der Waals surface area contributed by atoms with Crippen LogP contribution >= 0.6 is 0 Å². The average molecular weight is 363 g/mol. The first-order valence-corrected chi connectivity index (χ1v) is 9.41. The fourth-order valence-corrected chi connectivity index (χ4v) is 3.54. The fraction of sp³-hybridized carbons (Fsp3) is 0.400. The number of amides is 1. The number of aromatic nitrogens is 4. The second-order valence-corrected chi connectivity index (χ2v) is 7.27. The molecule has 27 heavy (non-hydrogen) atoms. The molecule has 5 rings (SSSR count). The zero-order valence-electron chi connectivity index (χ0n) is 15.0. The van der Waals surface area contributed by atoms with Crippen LogP contribution in [0.3, 0.4) is 0 Å². The highest BCUT2D eigenvalue weighted by Gasteiger charge is 2.27. The van der Waals surface area contributed by atoms with Crippen molar-refractivity contribution in [2.24, 2.45) is 5.92 Å². The summed E-state index contributed by atoms with van der Waals surface area (Å²) in [5, 5.41) is 9.47. The number of ether oxygens (including phenoxy) is 1. The molecule has 1 aromatic carbocycles. The van der Waals surface area contributed by atoms with E-state index >= 15 is 0 Å². The molecule has 0 radical (unpaired) electrons. The van der Waals surface area contributed by atoms with Crippen molar-refractivity contribution in [2.75, 3.05) is 13.2 Å². The molecule has 2 aromatic heterocycles. The molecule has 7 heteroatoms. The Morgan fingerprint density at radius 3 is 2.96 bits per heavy atom. The Balaban J connectivity index is 1.36. The highest BCUT2D eigenvalue weighted by Crippen LogP contribution is 2.29. The summed E-state index contributed by atoms with van der Waals surface area (Å²) >= 11 is 0. The molecule has 0 bridgehead atoms. The van der Waals surface area contributed by atoms with Crippen molar-refractivity contribution < 1.29 is 9.53 Å². The third kappa shape index (κ3) is 3.19. The third-order valence-corrected chi connectivity index (χ3v) is 5.28. The molecule has 138 valence electrons. The number of pyridine rings is 1. The number of carbonyl (C=O) groups excluding carboxylic acids is 1.